The van der Waals surface area contributed by atoms with E-state index in [1.165, 1.54) is 128 Å². The van der Waals surface area contributed by atoms with Gasteiger partial charge in [-0.15, -0.1) is 0 Å². The molecule has 0 rings (SSSR count). The van der Waals surface area contributed by atoms with Crippen LogP contribution < -0.4 is 0 Å². The minimum atomic E-state index is -0.417. The second-order valence-corrected chi connectivity index (χ2v) is 14.4. The summed E-state index contributed by atoms with van der Waals surface area (Å²) >= 11 is 0. The van der Waals surface area contributed by atoms with E-state index in [2.05, 4.69) is 62.5 Å². The molecule has 0 fully saturated rings. The van der Waals surface area contributed by atoms with Gasteiger partial charge in [-0.2, -0.15) is 0 Å². The Balaban J connectivity index is 3.78. The van der Waals surface area contributed by atoms with Crippen molar-refractivity contribution in [1.82, 2.24) is 4.90 Å². The van der Waals surface area contributed by atoms with Gasteiger partial charge >= 0.3 is 11.9 Å². The summed E-state index contributed by atoms with van der Waals surface area (Å²) in [5.74, 6) is -0.370. The minimum absolute atomic E-state index is 0.136. The number of ether oxygens (including phenoxy) is 2. The first kappa shape index (κ1) is 47.9. The zero-order chi connectivity index (χ0) is 36.6. The smallest absolute Gasteiger partial charge is 0.306 e. The van der Waals surface area contributed by atoms with Crippen molar-refractivity contribution in [3.05, 3.63) is 48.6 Å². The van der Waals surface area contributed by atoms with Crippen LogP contribution >= 0.6 is 0 Å². The van der Waals surface area contributed by atoms with E-state index in [1.807, 2.05) is 19.0 Å². The second kappa shape index (κ2) is 39.6. The quantitative estimate of drug-likeness (QED) is 0.0367. The maximum Gasteiger partial charge on any atom is 0.306 e. The Morgan fingerprint density at radius 3 is 1.24 bits per heavy atom. The lowest BCUT2D eigenvalue weighted by atomic mass is 10.1. The Kier molecular flexibility index (Phi) is 37.9. The zero-order valence-corrected chi connectivity index (χ0v) is 33.5. The number of unbranched alkanes of at least 4 members (excludes halogenated alkanes) is 20. The molecule has 0 bridgehead atoms. The van der Waals surface area contributed by atoms with E-state index in [0.29, 0.717) is 19.4 Å². The third kappa shape index (κ3) is 38.7. The Labute approximate surface area is 310 Å². The lowest BCUT2D eigenvalue weighted by molar-refractivity contribution is -0.160. The molecule has 5 nitrogen and oxygen atoms in total. The molecule has 0 N–H and O–H groups in total. The molecular weight excluding hydrogens is 618 g/mol. The summed E-state index contributed by atoms with van der Waals surface area (Å²) in [7, 11) is 3.89. The van der Waals surface area contributed by atoms with Gasteiger partial charge < -0.3 is 14.4 Å². The lowest BCUT2D eigenvalue weighted by Gasteiger charge is -2.21. The Morgan fingerprint density at radius 2 is 0.840 bits per heavy atom. The van der Waals surface area contributed by atoms with Crippen LogP contribution in [0.3, 0.4) is 0 Å². The fraction of sp³-hybridized carbons (Fsp3) is 0.778. The summed E-state index contributed by atoms with van der Waals surface area (Å²) in [6, 6.07) is 0. The average molecular weight is 700 g/mol. The number of allylic oxidation sites excluding steroid dienone is 8. The fourth-order valence-corrected chi connectivity index (χ4v) is 5.90. The van der Waals surface area contributed by atoms with Gasteiger partial charge in [-0.25, -0.2) is 0 Å². The molecule has 0 aromatic rings. The van der Waals surface area contributed by atoms with Gasteiger partial charge in [-0.1, -0.05) is 152 Å². The lowest BCUT2D eigenvalue weighted by Crippen LogP contribution is -2.34. The molecule has 5 heteroatoms. The van der Waals surface area contributed by atoms with E-state index in [1.54, 1.807) is 0 Å². The minimum Gasteiger partial charge on any atom is -0.462 e. The summed E-state index contributed by atoms with van der Waals surface area (Å²) < 4.78 is 11.2. The number of esters is 2. The summed E-state index contributed by atoms with van der Waals surface area (Å²) in [6.45, 7) is 5.18. The third-order valence-electron chi connectivity index (χ3n) is 8.96. The van der Waals surface area contributed by atoms with Crippen molar-refractivity contribution < 1.29 is 19.1 Å². The van der Waals surface area contributed by atoms with Gasteiger partial charge in [0.05, 0.1) is 0 Å². The highest BCUT2D eigenvalue weighted by Crippen LogP contribution is 2.13. The number of carbonyl (C=O) groups is 2. The number of hydrogen-bond donors (Lipinski definition) is 0. The van der Waals surface area contributed by atoms with Crippen molar-refractivity contribution in [2.45, 2.75) is 200 Å². The van der Waals surface area contributed by atoms with Gasteiger partial charge in [0.1, 0.15) is 12.7 Å². The van der Waals surface area contributed by atoms with Crippen molar-refractivity contribution in [2.75, 3.05) is 27.2 Å². The number of likely N-dealkylation sites (N-methyl/N-ethyl adjacent to an activating group) is 1. The van der Waals surface area contributed by atoms with Crippen LogP contribution in [0.25, 0.3) is 0 Å². The van der Waals surface area contributed by atoms with Crippen LogP contribution in [0.2, 0.25) is 0 Å². The Hall–Kier alpha value is -2.14. The summed E-state index contributed by atoms with van der Waals surface area (Å²) in [5.41, 5.74) is 0. The molecule has 0 amide bonds. The molecule has 0 aliphatic carbocycles. The molecule has 0 radical (unpaired) electrons. The van der Waals surface area contributed by atoms with Gasteiger partial charge in [0.15, 0.2) is 0 Å². The van der Waals surface area contributed by atoms with Gasteiger partial charge in [0.2, 0.25) is 0 Å². The van der Waals surface area contributed by atoms with Crippen molar-refractivity contribution in [2.24, 2.45) is 0 Å². The maximum absolute atomic E-state index is 12.5. The topological polar surface area (TPSA) is 55.8 Å². The molecule has 0 heterocycles. The predicted molar refractivity (Wildman–Crippen MR) is 217 cm³/mol. The average Bonchev–Trinajstić information content (AvgIpc) is 3.09. The number of nitrogens with zero attached hydrogens (tertiary/aromatic N) is 1. The maximum atomic E-state index is 12.5. The molecular formula is C45H81NO4. The van der Waals surface area contributed by atoms with Crippen LogP contribution in [0.5, 0.6) is 0 Å². The first-order valence-corrected chi connectivity index (χ1v) is 21.1. The molecule has 0 saturated carbocycles. The Bertz CT molecular complexity index is 859. The van der Waals surface area contributed by atoms with Crippen molar-refractivity contribution in [1.29, 1.82) is 0 Å². The van der Waals surface area contributed by atoms with E-state index < -0.39 is 6.10 Å². The van der Waals surface area contributed by atoms with E-state index in [-0.39, 0.29) is 18.5 Å². The van der Waals surface area contributed by atoms with Crippen molar-refractivity contribution in [3.63, 3.8) is 0 Å². The molecule has 1 unspecified atom stereocenters. The molecule has 0 saturated heterocycles. The normalized spacial score (nSPS) is 12.7. The van der Waals surface area contributed by atoms with Crippen molar-refractivity contribution in [3.8, 4) is 0 Å². The van der Waals surface area contributed by atoms with E-state index in [9.17, 15) is 9.59 Å². The van der Waals surface area contributed by atoms with Crippen LogP contribution in [0.4, 0.5) is 0 Å². The largest absolute Gasteiger partial charge is 0.462 e. The predicted octanol–water partition coefficient (Wildman–Crippen LogP) is 13.2. The third-order valence-corrected chi connectivity index (χ3v) is 8.96. The SMILES string of the molecule is CCCCC/C=C\C/C=C\CCCCCCCCCC(=O)OCC(CN(C)C)OC(=O)CCCCCCCCC/C=C\C/C=C\CCCCC. The molecule has 0 spiro atoms. The zero-order valence-electron chi connectivity index (χ0n) is 33.5. The van der Waals surface area contributed by atoms with Crippen molar-refractivity contribution >= 4 is 11.9 Å². The van der Waals surface area contributed by atoms with E-state index in [4.69, 9.17) is 9.47 Å². The van der Waals surface area contributed by atoms with Gasteiger partial charge in [-0.3, -0.25) is 9.59 Å². The standard InChI is InChI=1S/C45H81NO4/c1-5-7-9-11-13-15-17-19-21-23-25-27-29-31-33-35-37-39-44(47)49-42-43(41-46(3)4)50-45(48)40-38-36-34-32-30-28-26-24-22-20-18-16-14-12-10-8-6-2/h13-16,19-22,43H,5-12,17-18,23-42H2,1-4H3/b15-13-,16-14-,21-19-,22-20-. The molecule has 290 valence electrons. The fourth-order valence-electron chi connectivity index (χ4n) is 5.90. The van der Waals surface area contributed by atoms with E-state index >= 15 is 0 Å². The first-order chi connectivity index (χ1) is 24.5. The molecule has 1 atom stereocenters. The van der Waals surface area contributed by atoms with Gasteiger partial charge in [0, 0.05) is 19.4 Å². The van der Waals surface area contributed by atoms with Crippen LogP contribution in [0, 0.1) is 0 Å². The summed E-state index contributed by atoms with van der Waals surface area (Å²) in [5, 5.41) is 0. The van der Waals surface area contributed by atoms with Crippen LogP contribution in [0.1, 0.15) is 194 Å². The van der Waals surface area contributed by atoms with Crippen LogP contribution in [-0.2, 0) is 19.1 Å². The van der Waals surface area contributed by atoms with Gasteiger partial charge in [0.25, 0.3) is 0 Å². The number of hydrogen-bond acceptors (Lipinski definition) is 5. The highest BCUT2D eigenvalue weighted by molar-refractivity contribution is 5.70. The highest BCUT2D eigenvalue weighted by atomic mass is 16.6. The van der Waals surface area contributed by atoms with Gasteiger partial charge in [-0.05, 0) is 91.1 Å². The summed E-state index contributed by atoms with van der Waals surface area (Å²) in [4.78, 5) is 26.8. The Morgan fingerprint density at radius 1 is 0.480 bits per heavy atom. The molecule has 0 aliphatic rings. The number of carbonyl (C=O) groups excluding carboxylic acids is 2. The number of rotatable bonds is 37. The monoisotopic (exact) mass is 700 g/mol. The van der Waals surface area contributed by atoms with E-state index in [0.717, 1.165) is 38.5 Å². The van der Waals surface area contributed by atoms with Crippen LogP contribution in [0.15, 0.2) is 48.6 Å². The molecule has 0 aromatic carbocycles. The molecule has 0 aromatic heterocycles. The first-order valence-electron chi connectivity index (χ1n) is 21.1. The molecule has 0 aliphatic heterocycles. The second-order valence-electron chi connectivity index (χ2n) is 14.4. The van der Waals surface area contributed by atoms with Crippen LogP contribution in [-0.4, -0.2) is 50.2 Å². The molecule has 50 heavy (non-hydrogen) atoms. The highest BCUT2D eigenvalue weighted by Gasteiger charge is 2.18. The summed E-state index contributed by atoms with van der Waals surface area (Å²) in [6.07, 6.45) is 50.0.